The number of hydrogen-bond donors (Lipinski definition) is 3. The van der Waals surface area contributed by atoms with Crippen LogP contribution in [0.15, 0.2) is 66.7 Å². The molecule has 0 spiro atoms. The molecule has 0 atom stereocenters. The van der Waals surface area contributed by atoms with E-state index in [1.807, 2.05) is 56.3 Å². The second kappa shape index (κ2) is 8.64. The van der Waals surface area contributed by atoms with Gasteiger partial charge in [-0.05, 0) is 60.9 Å². The molecule has 0 radical (unpaired) electrons. The van der Waals surface area contributed by atoms with Crippen LogP contribution in [0.2, 0.25) is 0 Å². The average molecular weight is 428 g/mol. The molecule has 7 heteroatoms. The van der Waals surface area contributed by atoms with Crippen LogP contribution in [-0.4, -0.2) is 26.8 Å². The minimum atomic E-state index is -1.11. The van der Waals surface area contributed by atoms with Crippen LogP contribution in [0.3, 0.4) is 0 Å². The number of carbonyl (C=O) groups excluding carboxylic acids is 1. The number of fused-ring (bicyclic) bond motifs is 1. The number of nitrogens with one attached hydrogen (secondary N) is 1. The van der Waals surface area contributed by atoms with Gasteiger partial charge in [0.25, 0.3) is 5.91 Å². The van der Waals surface area contributed by atoms with Gasteiger partial charge in [-0.15, -0.1) is 0 Å². The minimum absolute atomic E-state index is 0.0211. The van der Waals surface area contributed by atoms with Gasteiger partial charge in [-0.25, -0.2) is 4.79 Å². The second-order valence-corrected chi connectivity index (χ2v) is 7.83. The fourth-order valence-electron chi connectivity index (χ4n) is 3.72. The summed E-state index contributed by atoms with van der Waals surface area (Å²) in [4.78, 5) is 24.7. The highest BCUT2D eigenvalue weighted by atomic mass is 16.4. The quantitative estimate of drug-likeness (QED) is 0.412. The van der Waals surface area contributed by atoms with E-state index >= 15 is 0 Å². The zero-order valence-electron chi connectivity index (χ0n) is 17.9. The molecule has 0 aliphatic heterocycles. The van der Waals surface area contributed by atoms with Gasteiger partial charge in [0.15, 0.2) is 5.69 Å². The molecule has 7 nitrogen and oxygen atoms in total. The summed E-state index contributed by atoms with van der Waals surface area (Å²) in [5.74, 6) is -1.57. The Morgan fingerprint density at radius 3 is 2.50 bits per heavy atom. The Balaban J connectivity index is 1.81. The molecule has 4 aromatic rings. The average Bonchev–Trinajstić information content (AvgIpc) is 3.18. The molecular weight excluding hydrogens is 404 g/mol. The van der Waals surface area contributed by atoms with Gasteiger partial charge >= 0.3 is 5.97 Å². The first-order valence-electron chi connectivity index (χ1n) is 10.3. The van der Waals surface area contributed by atoms with Gasteiger partial charge in [0.05, 0.1) is 16.8 Å². The lowest BCUT2D eigenvalue weighted by Crippen LogP contribution is -2.16. The Bertz CT molecular complexity index is 1320. The van der Waals surface area contributed by atoms with E-state index in [0.717, 1.165) is 22.2 Å². The van der Waals surface area contributed by atoms with E-state index in [-0.39, 0.29) is 23.0 Å². The number of aromatic carboxylic acids is 1. The number of aromatic nitrogens is 2. The van der Waals surface area contributed by atoms with E-state index in [2.05, 4.69) is 10.4 Å². The van der Waals surface area contributed by atoms with Crippen molar-refractivity contribution in [3.63, 3.8) is 0 Å². The predicted molar refractivity (Wildman–Crippen MR) is 125 cm³/mol. The highest BCUT2D eigenvalue weighted by Gasteiger charge is 2.21. The van der Waals surface area contributed by atoms with Crippen molar-refractivity contribution < 1.29 is 14.7 Å². The Labute approximate surface area is 185 Å². The lowest BCUT2D eigenvalue weighted by atomic mass is 10.0. The first-order chi connectivity index (χ1) is 15.4. The minimum Gasteiger partial charge on any atom is -0.478 e. The van der Waals surface area contributed by atoms with Crippen LogP contribution in [0.5, 0.6) is 0 Å². The number of carboxylic acids is 1. The molecule has 0 saturated heterocycles. The van der Waals surface area contributed by atoms with Crippen LogP contribution in [0, 0.1) is 0 Å². The third-order valence-electron chi connectivity index (χ3n) is 5.31. The van der Waals surface area contributed by atoms with Crippen molar-refractivity contribution in [1.82, 2.24) is 9.78 Å². The molecular formula is C25H24N4O3. The molecule has 0 aliphatic rings. The zero-order valence-corrected chi connectivity index (χ0v) is 17.9. The summed E-state index contributed by atoms with van der Waals surface area (Å²) in [7, 11) is 0. The highest BCUT2D eigenvalue weighted by molar-refractivity contribution is 6.13. The maximum Gasteiger partial charge on any atom is 0.337 e. The molecule has 0 saturated carbocycles. The van der Waals surface area contributed by atoms with E-state index in [0.29, 0.717) is 11.9 Å². The number of carboxylic acid groups (broad SMARTS) is 1. The first-order valence-corrected chi connectivity index (χ1v) is 10.3. The fourth-order valence-corrected chi connectivity index (χ4v) is 3.72. The molecule has 0 unspecified atom stereocenters. The summed E-state index contributed by atoms with van der Waals surface area (Å²) in [6.45, 7) is 4.43. The number of benzene rings is 3. The van der Waals surface area contributed by atoms with Crippen LogP contribution in [0.25, 0.3) is 22.0 Å². The van der Waals surface area contributed by atoms with E-state index in [1.165, 1.54) is 6.07 Å². The summed E-state index contributed by atoms with van der Waals surface area (Å²) in [6, 6.07) is 20.2. The van der Waals surface area contributed by atoms with Crippen LogP contribution >= 0.6 is 0 Å². The molecule has 0 fully saturated rings. The normalized spacial score (nSPS) is 11.1. The number of carbonyl (C=O) groups is 2. The SMILES string of the molecule is CC(C)n1nc(C(=O)Nc2ccccc2C(=O)O)c2cc(-c3cccc(CN)c3)ccc21. The lowest BCUT2D eigenvalue weighted by Gasteiger charge is -2.08. The maximum atomic E-state index is 13.2. The third kappa shape index (κ3) is 3.98. The molecule has 1 heterocycles. The van der Waals surface area contributed by atoms with Crippen LogP contribution in [0.1, 0.15) is 46.3 Å². The number of rotatable bonds is 6. The summed E-state index contributed by atoms with van der Waals surface area (Å²) < 4.78 is 1.80. The second-order valence-electron chi connectivity index (χ2n) is 7.83. The van der Waals surface area contributed by atoms with Crippen molar-refractivity contribution >= 4 is 28.5 Å². The Hall–Kier alpha value is -3.97. The molecule has 0 aliphatic carbocycles. The van der Waals surface area contributed by atoms with Gasteiger partial charge in [0, 0.05) is 18.0 Å². The number of nitrogens with zero attached hydrogens (tertiary/aromatic N) is 2. The van der Waals surface area contributed by atoms with Gasteiger partial charge < -0.3 is 16.2 Å². The Morgan fingerprint density at radius 2 is 1.78 bits per heavy atom. The fraction of sp³-hybridized carbons (Fsp3) is 0.160. The van der Waals surface area contributed by atoms with Crippen molar-refractivity contribution in [3.05, 3.63) is 83.6 Å². The largest absolute Gasteiger partial charge is 0.478 e. The summed E-state index contributed by atoms with van der Waals surface area (Å²) in [5, 5.41) is 17.4. The molecule has 162 valence electrons. The van der Waals surface area contributed by atoms with Crippen LogP contribution in [-0.2, 0) is 6.54 Å². The lowest BCUT2D eigenvalue weighted by molar-refractivity contribution is 0.0698. The van der Waals surface area contributed by atoms with Crippen molar-refractivity contribution in [3.8, 4) is 11.1 Å². The summed E-state index contributed by atoms with van der Waals surface area (Å²) in [5.41, 5.74) is 10.1. The van der Waals surface area contributed by atoms with Gasteiger partial charge in [0.1, 0.15) is 0 Å². The van der Waals surface area contributed by atoms with E-state index in [1.54, 1.807) is 22.9 Å². The number of amides is 1. The first kappa shape index (κ1) is 21.3. The van der Waals surface area contributed by atoms with Crippen molar-refractivity contribution in [2.24, 2.45) is 5.73 Å². The molecule has 32 heavy (non-hydrogen) atoms. The van der Waals surface area contributed by atoms with Gasteiger partial charge in [-0.1, -0.05) is 36.4 Å². The Morgan fingerprint density at radius 1 is 1.03 bits per heavy atom. The smallest absolute Gasteiger partial charge is 0.337 e. The Kier molecular flexibility index (Phi) is 5.75. The summed E-state index contributed by atoms with van der Waals surface area (Å²) >= 11 is 0. The number of para-hydroxylation sites is 1. The van der Waals surface area contributed by atoms with E-state index in [9.17, 15) is 14.7 Å². The van der Waals surface area contributed by atoms with Crippen molar-refractivity contribution in [2.75, 3.05) is 5.32 Å². The molecule has 1 amide bonds. The number of anilines is 1. The zero-order chi connectivity index (χ0) is 22.8. The monoisotopic (exact) mass is 428 g/mol. The third-order valence-corrected chi connectivity index (χ3v) is 5.31. The molecule has 4 rings (SSSR count). The van der Waals surface area contributed by atoms with Gasteiger partial charge in [-0.3, -0.25) is 9.48 Å². The van der Waals surface area contributed by atoms with Crippen molar-refractivity contribution in [1.29, 1.82) is 0 Å². The molecule has 0 bridgehead atoms. The molecule has 3 aromatic carbocycles. The highest BCUT2D eigenvalue weighted by Crippen LogP contribution is 2.29. The maximum absolute atomic E-state index is 13.2. The van der Waals surface area contributed by atoms with Crippen LogP contribution in [0.4, 0.5) is 5.69 Å². The molecule has 1 aromatic heterocycles. The molecule has 4 N–H and O–H groups in total. The summed E-state index contributed by atoms with van der Waals surface area (Å²) in [6.07, 6.45) is 0. The predicted octanol–water partition coefficient (Wildman–Crippen LogP) is 4.69. The van der Waals surface area contributed by atoms with Crippen LogP contribution < -0.4 is 11.1 Å². The number of hydrogen-bond acceptors (Lipinski definition) is 4. The van der Waals surface area contributed by atoms with E-state index < -0.39 is 11.9 Å². The van der Waals surface area contributed by atoms with Gasteiger partial charge in [-0.2, -0.15) is 5.10 Å². The van der Waals surface area contributed by atoms with Crippen molar-refractivity contribution in [2.45, 2.75) is 26.4 Å². The number of nitrogens with two attached hydrogens (primary N) is 1. The topological polar surface area (TPSA) is 110 Å². The standard InChI is InChI=1S/C25H24N4O3/c1-15(2)29-22-11-10-18(17-7-5-6-16(12-17)14-26)13-20(22)23(28-29)24(30)27-21-9-4-3-8-19(21)25(31)32/h3-13,15H,14,26H2,1-2H3,(H,27,30)(H,31,32). The van der Waals surface area contributed by atoms with E-state index in [4.69, 9.17) is 5.73 Å². The van der Waals surface area contributed by atoms with Gasteiger partial charge in [0.2, 0.25) is 0 Å².